The zero-order valence-electron chi connectivity index (χ0n) is 15.8. The highest BCUT2D eigenvalue weighted by Crippen LogP contribution is 2.38. The minimum atomic E-state index is -0.454. The maximum atomic E-state index is 14.1. The van der Waals surface area contributed by atoms with Gasteiger partial charge in [0.1, 0.15) is 17.5 Å². The number of hydrogen-bond donors (Lipinski definition) is 2. The van der Waals surface area contributed by atoms with Crippen molar-refractivity contribution in [2.75, 3.05) is 24.8 Å². The van der Waals surface area contributed by atoms with Gasteiger partial charge in [0, 0.05) is 37.3 Å². The molecular weight excluding hydrogens is 393 g/mol. The first-order valence-corrected chi connectivity index (χ1v) is 9.77. The lowest BCUT2D eigenvalue weighted by atomic mass is 10.1. The normalized spacial score (nSPS) is 25.6. The number of nitrogens with one attached hydrogen (secondary N) is 2. The molecule has 3 unspecified atom stereocenters. The summed E-state index contributed by atoms with van der Waals surface area (Å²) in [4.78, 5) is 27.6. The second-order valence-corrected chi connectivity index (χ2v) is 7.52. The van der Waals surface area contributed by atoms with Gasteiger partial charge < -0.3 is 15.4 Å². The van der Waals surface area contributed by atoms with Gasteiger partial charge in [0.25, 0.3) is 5.91 Å². The fourth-order valence-electron chi connectivity index (χ4n) is 4.21. The zero-order valence-corrected chi connectivity index (χ0v) is 15.8. The van der Waals surface area contributed by atoms with Gasteiger partial charge in [-0.1, -0.05) is 0 Å². The molecule has 1 amide bonds. The molecule has 0 radical (unpaired) electrons. The Bertz CT molecular complexity index is 1150. The third kappa shape index (κ3) is 2.70. The van der Waals surface area contributed by atoms with Crippen LogP contribution in [-0.2, 0) is 4.84 Å². The summed E-state index contributed by atoms with van der Waals surface area (Å²) in [7, 11) is 0. The van der Waals surface area contributed by atoms with Gasteiger partial charge in [-0.25, -0.2) is 23.9 Å². The summed E-state index contributed by atoms with van der Waals surface area (Å²) < 4.78 is 21.9. The first kappa shape index (κ1) is 17.5. The predicted molar refractivity (Wildman–Crippen MR) is 102 cm³/mol. The number of nitrogens with zero attached hydrogens (tertiary/aromatic N) is 5. The quantitative estimate of drug-likeness (QED) is 0.554. The molecule has 3 aromatic heterocycles. The van der Waals surface area contributed by atoms with Crippen molar-refractivity contribution < 1.29 is 18.8 Å². The number of carbonyl (C=O) groups is 1. The summed E-state index contributed by atoms with van der Waals surface area (Å²) in [5, 5.41) is 12.1. The maximum absolute atomic E-state index is 14.1. The van der Waals surface area contributed by atoms with E-state index >= 15 is 0 Å². The minimum absolute atomic E-state index is 0.285. The third-order valence-corrected chi connectivity index (χ3v) is 5.67. The van der Waals surface area contributed by atoms with E-state index in [4.69, 9.17) is 9.57 Å². The van der Waals surface area contributed by atoms with Gasteiger partial charge in [-0.3, -0.25) is 9.63 Å². The Morgan fingerprint density at radius 2 is 2.20 bits per heavy atom. The summed E-state index contributed by atoms with van der Waals surface area (Å²) in [6, 6.07) is 2.55. The molecule has 3 aromatic rings. The van der Waals surface area contributed by atoms with Gasteiger partial charge in [-0.15, -0.1) is 0 Å². The average molecular weight is 411 g/mol. The van der Waals surface area contributed by atoms with Gasteiger partial charge in [0.05, 0.1) is 31.1 Å². The van der Waals surface area contributed by atoms with Crippen LogP contribution in [-0.4, -0.2) is 57.3 Å². The van der Waals surface area contributed by atoms with Crippen molar-refractivity contribution in [2.24, 2.45) is 0 Å². The highest BCUT2D eigenvalue weighted by atomic mass is 19.1. The summed E-state index contributed by atoms with van der Waals surface area (Å²) in [6.45, 7) is 1.51. The number of hydrogen-bond acceptors (Lipinski definition) is 8. The Morgan fingerprint density at radius 3 is 3.13 bits per heavy atom. The Kier molecular flexibility index (Phi) is 3.86. The van der Waals surface area contributed by atoms with Crippen LogP contribution in [0.1, 0.15) is 28.4 Å². The Hall–Kier alpha value is -3.31. The lowest BCUT2D eigenvalue weighted by Gasteiger charge is -2.26. The molecule has 154 valence electrons. The number of pyridine rings is 1. The van der Waals surface area contributed by atoms with E-state index in [2.05, 4.69) is 25.7 Å². The molecule has 0 saturated carbocycles. The van der Waals surface area contributed by atoms with Crippen LogP contribution in [0.2, 0.25) is 0 Å². The number of carbonyl (C=O) groups excluding carboxylic acids is 1. The van der Waals surface area contributed by atoms with E-state index in [1.54, 1.807) is 21.8 Å². The lowest BCUT2D eigenvalue weighted by molar-refractivity contribution is 0.0902. The van der Waals surface area contributed by atoms with Gasteiger partial charge in [0.15, 0.2) is 11.5 Å². The zero-order chi connectivity index (χ0) is 20.2. The Balaban J connectivity index is 1.55. The van der Waals surface area contributed by atoms with Crippen molar-refractivity contribution >= 4 is 17.4 Å². The summed E-state index contributed by atoms with van der Waals surface area (Å²) in [5.74, 6) is 0.0795. The van der Waals surface area contributed by atoms with Crippen LogP contribution in [0.4, 0.5) is 10.2 Å². The minimum Gasteiger partial charge on any atom is -0.470 e. The molecule has 3 aliphatic rings. The SMILES string of the molecule is O=C1NC2CNCC2Oc2ncc(F)cc2C2CCON2c2ccn3ncc1c3n2. The number of halogens is 1. The van der Waals surface area contributed by atoms with Gasteiger partial charge in [-0.2, -0.15) is 5.10 Å². The van der Waals surface area contributed by atoms with Gasteiger partial charge in [-0.05, 0) is 6.07 Å². The fourth-order valence-corrected chi connectivity index (χ4v) is 4.21. The first-order chi connectivity index (χ1) is 14.7. The third-order valence-electron chi connectivity index (χ3n) is 5.67. The lowest BCUT2D eigenvalue weighted by Crippen LogP contribution is -2.45. The maximum Gasteiger partial charge on any atom is 0.257 e. The van der Waals surface area contributed by atoms with Crippen molar-refractivity contribution in [3.05, 3.63) is 47.7 Å². The van der Waals surface area contributed by atoms with E-state index < -0.39 is 5.82 Å². The molecule has 0 aromatic carbocycles. The van der Waals surface area contributed by atoms with Crippen molar-refractivity contribution in [1.82, 2.24) is 30.2 Å². The highest BCUT2D eigenvalue weighted by Gasteiger charge is 2.36. The summed E-state index contributed by atoms with van der Waals surface area (Å²) in [6.07, 6.45) is 4.60. The van der Waals surface area contributed by atoms with Crippen LogP contribution in [0.15, 0.2) is 30.7 Å². The number of fused-ring (bicyclic) bond motifs is 6. The van der Waals surface area contributed by atoms with Gasteiger partial charge in [0.2, 0.25) is 5.88 Å². The number of amides is 1. The molecule has 30 heavy (non-hydrogen) atoms. The molecule has 11 heteroatoms. The summed E-state index contributed by atoms with van der Waals surface area (Å²) in [5.41, 5.74) is 1.36. The van der Waals surface area contributed by atoms with Crippen LogP contribution >= 0.6 is 0 Å². The molecule has 2 saturated heterocycles. The first-order valence-electron chi connectivity index (χ1n) is 9.77. The molecule has 6 rings (SSSR count). The molecule has 2 N–H and O–H groups in total. The van der Waals surface area contributed by atoms with Crippen LogP contribution in [0, 0.1) is 5.82 Å². The smallest absolute Gasteiger partial charge is 0.257 e. The van der Waals surface area contributed by atoms with Crippen LogP contribution in [0.25, 0.3) is 5.65 Å². The Labute approximate surface area is 170 Å². The Morgan fingerprint density at radius 1 is 1.27 bits per heavy atom. The van der Waals surface area contributed by atoms with E-state index in [0.29, 0.717) is 54.6 Å². The van der Waals surface area contributed by atoms with E-state index in [-0.39, 0.29) is 24.1 Å². The van der Waals surface area contributed by atoms with Crippen molar-refractivity contribution in [1.29, 1.82) is 0 Å². The number of rotatable bonds is 0. The number of aromatic nitrogens is 4. The molecule has 10 nitrogen and oxygen atoms in total. The van der Waals surface area contributed by atoms with Crippen molar-refractivity contribution in [2.45, 2.75) is 24.6 Å². The molecule has 0 aliphatic carbocycles. The van der Waals surface area contributed by atoms with E-state index in [1.807, 2.05) is 0 Å². The fraction of sp³-hybridized carbons (Fsp3) is 0.368. The van der Waals surface area contributed by atoms with Gasteiger partial charge >= 0.3 is 0 Å². The van der Waals surface area contributed by atoms with E-state index in [1.165, 1.54) is 12.3 Å². The molecule has 3 atom stereocenters. The molecule has 6 heterocycles. The topological polar surface area (TPSA) is 106 Å². The average Bonchev–Trinajstić information content (AvgIpc) is 3.48. The molecular formula is C19H18FN7O3. The van der Waals surface area contributed by atoms with E-state index in [9.17, 15) is 9.18 Å². The number of anilines is 1. The summed E-state index contributed by atoms with van der Waals surface area (Å²) >= 11 is 0. The molecule has 3 aliphatic heterocycles. The largest absolute Gasteiger partial charge is 0.470 e. The standard InChI is InChI=1S/C19H18FN7O3/c20-10-5-11-14-2-4-29-27(14)16-1-3-26-17(25-16)12(7-23-26)18(28)24-13-8-21-9-15(13)30-19(11)22-6-10/h1,3,5-7,13-15,21H,2,4,8-9H2,(H,24,28). The van der Waals surface area contributed by atoms with Crippen LogP contribution < -0.4 is 20.4 Å². The predicted octanol–water partition coefficient (Wildman–Crippen LogP) is 0.609. The van der Waals surface area contributed by atoms with Crippen molar-refractivity contribution in [3.8, 4) is 5.88 Å². The highest BCUT2D eigenvalue weighted by molar-refractivity contribution is 6.00. The molecule has 0 spiro atoms. The molecule has 2 fully saturated rings. The number of ether oxygens (including phenoxy) is 1. The molecule has 2 bridgehead atoms. The van der Waals surface area contributed by atoms with E-state index in [0.717, 1.165) is 6.20 Å². The second-order valence-electron chi connectivity index (χ2n) is 7.52. The van der Waals surface area contributed by atoms with Crippen molar-refractivity contribution in [3.63, 3.8) is 0 Å². The monoisotopic (exact) mass is 411 g/mol. The second kappa shape index (κ2) is 6.61. The van der Waals surface area contributed by atoms with Crippen LogP contribution in [0.3, 0.4) is 0 Å². The number of hydroxylamine groups is 1. The van der Waals surface area contributed by atoms with Crippen LogP contribution in [0.5, 0.6) is 5.88 Å².